The maximum atomic E-state index is 13.2. The van der Waals surface area contributed by atoms with Crippen molar-refractivity contribution in [3.8, 4) is 0 Å². The van der Waals surface area contributed by atoms with Crippen LogP contribution in [0.3, 0.4) is 0 Å². The standard InChI is InChI=1S/C17H20ClN5O3S/c1-27(25,26)22-8-6-12-14(9-22)21-23(16(12)19)17(24)11-5-7-20-15-10(11)3-2-4-13(15)18/h2-4,11,20H,5-9,19H2,1H3/t11-/m1/s1. The van der Waals surface area contributed by atoms with Crippen LogP contribution >= 0.6 is 11.6 Å². The second-order valence-corrected chi connectivity index (χ2v) is 9.27. The number of nitrogens with zero attached hydrogens (tertiary/aromatic N) is 3. The first kappa shape index (κ1) is 18.3. The third kappa shape index (κ3) is 3.09. The number of sulfonamides is 1. The third-order valence-electron chi connectivity index (χ3n) is 5.18. The van der Waals surface area contributed by atoms with E-state index in [-0.39, 0.29) is 12.5 Å². The third-order valence-corrected chi connectivity index (χ3v) is 6.74. The molecule has 2 aliphatic rings. The zero-order valence-corrected chi connectivity index (χ0v) is 16.3. The van der Waals surface area contributed by atoms with Crippen molar-refractivity contribution in [3.05, 3.63) is 40.0 Å². The quantitative estimate of drug-likeness (QED) is 0.780. The van der Waals surface area contributed by atoms with E-state index in [1.54, 1.807) is 6.07 Å². The average molecular weight is 410 g/mol. The summed E-state index contributed by atoms with van der Waals surface area (Å²) in [4.78, 5) is 13.2. The zero-order valence-electron chi connectivity index (χ0n) is 14.8. The number of carbonyl (C=O) groups excluding carboxylic acids is 1. The van der Waals surface area contributed by atoms with Crippen LogP contribution in [-0.2, 0) is 23.0 Å². The predicted octanol–water partition coefficient (Wildman–Crippen LogP) is 1.68. The lowest BCUT2D eigenvalue weighted by atomic mass is 9.90. The summed E-state index contributed by atoms with van der Waals surface area (Å²) in [5.41, 5.74) is 9.09. The molecule has 0 unspecified atom stereocenters. The fourth-order valence-electron chi connectivity index (χ4n) is 3.76. The van der Waals surface area contributed by atoms with Gasteiger partial charge < -0.3 is 11.1 Å². The van der Waals surface area contributed by atoms with Gasteiger partial charge in [-0.2, -0.15) is 14.1 Å². The van der Waals surface area contributed by atoms with Crippen LogP contribution in [0.25, 0.3) is 0 Å². The molecule has 0 saturated carbocycles. The molecule has 8 nitrogen and oxygen atoms in total. The number of benzene rings is 1. The molecular formula is C17H20ClN5O3S. The number of para-hydroxylation sites is 1. The van der Waals surface area contributed by atoms with Gasteiger partial charge in [-0.25, -0.2) is 8.42 Å². The lowest BCUT2D eigenvalue weighted by molar-refractivity contribution is 0.0859. The molecule has 0 fully saturated rings. The fourth-order valence-corrected chi connectivity index (χ4v) is 4.79. The summed E-state index contributed by atoms with van der Waals surface area (Å²) in [6.45, 7) is 1.09. The summed E-state index contributed by atoms with van der Waals surface area (Å²) in [5, 5.41) is 8.17. The predicted molar refractivity (Wildman–Crippen MR) is 104 cm³/mol. The Morgan fingerprint density at radius 2 is 2.19 bits per heavy atom. The van der Waals surface area contributed by atoms with Crippen molar-refractivity contribution in [3.63, 3.8) is 0 Å². The number of hydrogen-bond acceptors (Lipinski definition) is 6. The Kier molecular flexibility index (Phi) is 4.40. The van der Waals surface area contributed by atoms with Gasteiger partial charge in [0.1, 0.15) is 5.82 Å². The van der Waals surface area contributed by atoms with Crippen LogP contribution in [0.1, 0.15) is 34.0 Å². The summed E-state index contributed by atoms with van der Waals surface area (Å²) in [6.07, 6.45) is 2.21. The second kappa shape index (κ2) is 6.50. The molecule has 2 aliphatic heterocycles. The average Bonchev–Trinajstić information content (AvgIpc) is 2.97. The minimum absolute atomic E-state index is 0.132. The Bertz CT molecular complexity index is 1030. The minimum Gasteiger partial charge on any atom is -0.384 e. The van der Waals surface area contributed by atoms with Crippen LogP contribution in [0.15, 0.2) is 18.2 Å². The van der Waals surface area contributed by atoms with E-state index >= 15 is 0 Å². The zero-order chi connectivity index (χ0) is 19.3. The lowest BCUT2D eigenvalue weighted by Gasteiger charge is -2.26. The first-order valence-electron chi connectivity index (χ1n) is 8.65. The Morgan fingerprint density at radius 1 is 1.41 bits per heavy atom. The van der Waals surface area contributed by atoms with E-state index in [4.69, 9.17) is 17.3 Å². The normalized spacial score (nSPS) is 19.9. The first-order valence-corrected chi connectivity index (χ1v) is 10.9. The number of carbonyl (C=O) groups is 1. The summed E-state index contributed by atoms with van der Waals surface area (Å²) in [5.74, 6) is -0.335. The van der Waals surface area contributed by atoms with Crippen LogP contribution in [0.2, 0.25) is 5.02 Å². The Labute approximate surface area is 162 Å². The molecular weight excluding hydrogens is 390 g/mol. The summed E-state index contributed by atoms with van der Waals surface area (Å²) in [6, 6.07) is 5.47. The number of nitrogens with two attached hydrogens (primary N) is 1. The number of hydrogen-bond donors (Lipinski definition) is 2. The van der Waals surface area contributed by atoms with Gasteiger partial charge in [0.15, 0.2) is 0 Å². The van der Waals surface area contributed by atoms with Gasteiger partial charge >= 0.3 is 0 Å². The SMILES string of the molecule is CS(=O)(=O)N1CCc2c(nn(C(=O)[C@@H]3CCNc4c(Cl)cccc43)c2N)C1. The van der Waals surface area contributed by atoms with Crippen LogP contribution in [0.4, 0.5) is 11.5 Å². The molecule has 0 spiro atoms. The highest BCUT2D eigenvalue weighted by atomic mass is 35.5. The largest absolute Gasteiger partial charge is 0.384 e. The molecule has 1 aromatic heterocycles. The Balaban J connectivity index is 1.69. The van der Waals surface area contributed by atoms with Gasteiger partial charge in [0.25, 0.3) is 5.91 Å². The summed E-state index contributed by atoms with van der Waals surface area (Å²) >= 11 is 6.25. The van der Waals surface area contributed by atoms with Crippen molar-refractivity contribution in [1.29, 1.82) is 0 Å². The molecule has 0 saturated heterocycles. The van der Waals surface area contributed by atoms with Crippen LogP contribution < -0.4 is 11.1 Å². The molecule has 1 aromatic carbocycles. The summed E-state index contributed by atoms with van der Waals surface area (Å²) in [7, 11) is -3.32. The number of aromatic nitrogens is 2. The van der Waals surface area contributed by atoms with Crippen LogP contribution in [-0.4, -0.2) is 47.8 Å². The monoisotopic (exact) mass is 409 g/mol. The van der Waals surface area contributed by atoms with Gasteiger partial charge in [0.05, 0.1) is 35.1 Å². The van der Waals surface area contributed by atoms with E-state index in [0.29, 0.717) is 42.5 Å². The van der Waals surface area contributed by atoms with Crippen molar-refractivity contribution < 1.29 is 13.2 Å². The smallest absolute Gasteiger partial charge is 0.256 e. The fraction of sp³-hybridized carbons (Fsp3) is 0.412. The molecule has 144 valence electrons. The van der Waals surface area contributed by atoms with Crippen LogP contribution in [0, 0.1) is 0 Å². The Hall–Kier alpha value is -2.10. The molecule has 3 N–H and O–H groups in total. The highest BCUT2D eigenvalue weighted by Gasteiger charge is 2.33. The number of nitrogen functional groups attached to an aromatic ring is 1. The van der Waals surface area contributed by atoms with Crippen molar-refractivity contribution in [1.82, 2.24) is 14.1 Å². The van der Waals surface area contributed by atoms with Gasteiger partial charge in [0, 0.05) is 18.7 Å². The molecule has 2 aromatic rings. The number of rotatable bonds is 2. The number of halogens is 1. The number of nitrogens with one attached hydrogen (secondary N) is 1. The van der Waals surface area contributed by atoms with Gasteiger partial charge in [-0.15, -0.1) is 0 Å². The van der Waals surface area contributed by atoms with E-state index in [0.717, 1.165) is 16.8 Å². The molecule has 0 aliphatic carbocycles. The lowest BCUT2D eigenvalue weighted by Crippen LogP contribution is -2.35. The van der Waals surface area contributed by atoms with Crippen molar-refractivity contribution >= 4 is 39.0 Å². The molecule has 0 radical (unpaired) electrons. The molecule has 0 bridgehead atoms. The topological polar surface area (TPSA) is 110 Å². The second-order valence-electron chi connectivity index (χ2n) is 6.88. The summed E-state index contributed by atoms with van der Waals surface area (Å²) < 4.78 is 26.2. The van der Waals surface area contributed by atoms with Crippen molar-refractivity contribution in [2.24, 2.45) is 0 Å². The van der Waals surface area contributed by atoms with E-state index in [9.17, 15) is 13.2 Å². The Morgan fingerprint density at radius 3 is 2.93 bits per heavy atom. The van der Waals surface area contributed by atoms with Gasteiger partial charge in [-0.1, -0.05) is 23.7 Å². The van der Waals surface area contributed by atoms with Crippen molar-refractivity contribution in [2.45, 2.75) is 25.3 Å². The molecule has 3 heterocycles. The van der Waals surface area contributed by atoms with Gasteiger partial charge in [-0.05, 0) is 24.5 Å². The molecule has 4 rings (SSSR count). The van der Waals surface area contributed by atoms with Gasteiger partial charge in [0.2, 0.25) is 10.0 Å². The van der Waals surface area contributed by atoms with Crippen LogP contribution in [0.5, 0.6) is 0 Å². The highest BCUT2D eigenvalue weighted by Crippen LogP contribution is 2.38. The molecule has 27 heavy (non-hydrogen) atoms. The molecule has 1 atom stereocenters. The van der Waals surface area contributed by atoms with E-state index in [2.05, 4.69) is 10.4 Å². The van der Waals surface area contributed by atoms with E-state index < -0.39 is 15.9 Å². The molecule has 0 amide bonds. The van der Waals surface area contributed by atoms with Crippen molar-refractivity contribution in [2.75, 3.05) is 30.4 Å². The molecule has 10 heteroatoms. The van der Waals surface area contributed by atoms with Gasteiger partial charge in [-0.3, -0.25) is 4.79 Å². The highest BCUT2D eigenvalue weighted by molar-refractivity contribution is 7.88. The maximum Gasteiger partial charge on any atom is 0.256 e. The minimum atomic E-state index is -3.32. The van der Waals surface area contributed by atoms with E-state index in [1.165, 1.54) is 15.2 Å². The number of anilines is 2. The maximum absolute atomic E-state index is 13.2. The van der Waals surface area contributed by atoms with E-state index in [1.807, 2.05) is 12.1 Å². The number of fused-ring (bicyclic) bond motifs is 2. The first-order chi connectivity index (χ1) is 12.8.